The Kier molecular flexibility index (Phi) is 6.77. The molecule has 3 N–H and O–H groups in total. The third-order valence-corrected chi connectivity index (χ3v) is 5.23. The molecule has 0 spiro atoms. The number of H-pyrrole nitrogens is 1. The maximum absolute atomic E-state index is 12.3. The number of aliphatic hydroxyl groups excluding tert-OH is 1. The van der Waals surface area contributed by atoms with E-state index in [4.69, 9.17) is 5.11 Å². The number of ketones is 1. The van der Waals surface area contributed by atoms with Gasteiger partial charge in [-0.25, -0.2) is 4.98 Å². The van der Waals surface area contributed by atoms with Gasteiger partial charge in [-0.2, -0.15) is 0 Å². The van der Waals surface area contributed by atoms with E-state index in [2.05, 4.69) is 16.5 Å². The van der Waals surface area contributed by atoms with Crippen LogP contribution in [0.4, 0.5) is 0 Å². The normalized spacial score (nSPS) is 21.0. The molecule has 0 aliphatic heterocycles. The van der Waals surface area contributed by atoms with Crippen molar-refractivity contribution in [2.45, 2.75) is 38.2 Å². The lowest BCUT2D eigenvalue weighted by Crippen LogP contribution is -2.13. The minimum absolute atomic E-state index is 0.120. The van der Waals surface area contributed by atoms with Crippen LogP contribution < -0.4 is 0 Å². The number of nitrogens with zero attached hydrogens (tertiary/aromatic N) is 1. The number of imidazole rings is 1. The van der Waals surface area contributed by atoms with Gasteiger partial charge >= 0.3 is 5.97 Å². The summed E-state index contributed by atoms with van der Waals surface area (Å²) in [6.45, 7) is 4.03. The van der Waals surface area contributed by atoms with Crippen molar-refractivity contribution in [3.8, 4) is 0 Å². The highest BCUT2D eigenvalue weighted by Gasteiger charge is 2.35. The first-order valence-electron chi connectivity index (χ1n) is 9.84. The predicted octanol–water partition coefficient (Wildman–Crippen LogP) is 4.12. The number of fused-ring (bicyclic) bond motifs is 1. The number of benzene rings is 1. The number of rotatable bonds is 9. The monoisotopic (exact) mass is 394 g/mol. The molecule has 3 rings (SSSR count). The van der Waals surface area contributed by atoms with Crippen LogP contribution in [-0.4, -0.2) is 31.9 Å². The van der Waals surface area contributed by atoms with Crippen molar-refractivity contribution >= 4 is 22.8 Å². The van der Waals surface area contributed by atoms with Crippen molar-refractivity contribution in [3.63, 3.8) is 0 Å². The van der Waals surface area contributed by atoms with Crippen LogP contribution in [0.25, 0.3) is 11.0 Å². The largest absolute Gasteiger partial charge is 0.481 e. The topological polar surface area (TPSA) is 103 Å². The molecular formula is C23H26N2O4. The molecule has 0 saturated heterocycles. The Morgan fingerprint density at radius 1 is 1.34 bits per heavy atom. The molecule has 1 saturated carbocycles. The molecule has 152 valence electrons. The second-order valence-corrected chi connectivity index (χ2v) is 7.40. The van der Waals surface area contributed by atoms with Gasteiger partial charge in [-0.05, 0) is 31.4 Å². The van der Waals surface area contributed by atoms with E-state index in [1.165, 1.54) is 0 Å². The van der Waals surface area contributed by atoms with Crippen molar-refractivity contribution in [3.05, 3.63) is 66.5 Å². The number of aliphatic carboxylic acids is 1. The summed E-state index contributed by atoms with van der Waals surface area (Å²) in [6.07, 6.45) is 8.86. The molecule has 1 aromatic carbocycles. The number of carbonyl (C=O) groups is 2. The van der Waals surface area contributed by atoms with Gasteiger partial charge < -0.3 is 15.2 Å². The number of carbonyl (C=O) groups excluding carboxylic acids is 1. The summed E-state index contributed by atoms with van der Waals surface area (Å²) >= 11 is 0. The number of allylic oxidation sites excluding steroid dienone is 4. The SMILES string of the molecule is C=C1CC(=O)[C@H](CC=CCCCC(=O)O)[C@H]1C=C[C@@H](O)c1nc2ccccc2[nH]1. The first-order valence-corrected chi connectivity index (χ1v) is 9.84. The van der Waals surface area contributed by atoms with E-state index >= 15 is 0 Å². The van der Waals surface area contributed by atoms with Crippen molar-refractivity contribution in [1.82, 2.24) is 9.97 Å². The van der Waals surface area contributed by atoms with E-state index < -0.39 is 12.1 Å². The summed E-state index contributed by atoms with van der Waals surface area (Å²) in [5.41, 5.74) is 2.51. The zero-order valence-electron chi connectivity index (χ0n) is 16.3. The molecule has 1 heterocycles. The van der Waals surface area contributed by atoms with Gasteiger partial charge in [0.25, 0.3) is 0 Å². The van der Waals surface area contributed by atoms with Crippen LogP contribution in [0.15, 0.2) is 60.7 Å². The second kappa shape index (κ2) is 9.47. The van der Waals surface area contributed by atoms with Gasteiger partial charge in [-0.15, -0.1) is 0 Å². The number of hydrogen-bond donors (Lipinski definition) is 3. The first-order chi connectivity index (χ1) is 14.0. The highest BCUT2D eigenvalue weighted by Crippen LogP contribution is 2.36. The lowest BCUT2D eigenvalue weighted by atomic mass is 9.89. The number of aromatic nitrogens is 2. The molecular weight excluding hydrogens is 368 g/mol. The molecule has 6 heteroatoms. The summed E-state index contributed by atoms with van der Waals surface area (Å²) in [4.78, 5) is 30.4. The molecule has 0 amide bonds. The second-order valence-electron chi connectivity index (χ2n) is 7.40. The van der Waals surface area contributed by atoms with Crippen LogP contribution in [-0.2, 0) is 9.59 Å². The number of Topliss-reactive ketones (excluding diaryl/α,β-unsaturated/α-hetero) is 1. The molecule has 2 aromatic rings. The Labute approximate surface area is 169 Å². The van der Waals surface area contributed by atoms with E-state index in [-0.39, 0.29) is 24.0 Å². The summed E-state index contributed by atoms with van der Waals surface area (Å²) in [5, 5.41) is 19.1. The maximum atomic E-state index is 12.3. The minimum atomic E-state index is -0.891. The van der Waals surface area contributed by atoms with Crippen molar-refractivity contribution < 1.29 is 19.8 Å². The molecule has 0 radical (unpaired) electrons. The molecule has 3 atom stereocenters. The Morgan fingerprint density at radius 2 is 2.14 bits per heavy atom. The molecule has 1 aromatic heterocycles. The van der Waals surface area contributed by atoms with E-state index in [0.717, 1.165) is 16.6 Å². The average molecular weight is 394 g/mol. The number of hydrogen-bond acceptors (Lipinski definition) is 4. The summed E-state index contributed by atoms with van der Waals surface area (Å²) in [5.74, 6) is -0.498. The summed E-state index contributed by atoms with van der Waals surface area (Å²) in [7, 11) is 0. The third kappa shape index (κ3) is 5.29. The molecule has 1 fully saturated rings. The average Bonchev–Trinajstić information content (AvgIpc) is 3.23. The zero-order chi connectivity index (χ0) is 20.8. The van der Waals surface area contributed by atoms with Crippen molar-refractivity contribution in [2.24, 2.45) is 11.8 Å². The Bertz CT molecular complexity index is 924. The number of aliphatic hydroxyl groups is 1. The van der Waals surface area contributed by atoms with Gasteiger partial charge in [0.2, 0.25) is 0 Å². The zero-order valence-corrected chi connectivity index (χ0v) is 16.3. The molecule has 6 nitrogen and oxygen atoms in total. The van der Waals surface area contributed by atoms with Gasteiger partial charge in [0.15, 0.2) is 0 Å². The van der Waals surface area contributed by atoms with Crippen LogP contribution >= 0.6 is 0 Å². The lowest BCUT2D eigenvalue weighted by molar-refractivity contribution is -0.137. The fraction of sp³-hybridized carbons (Fsp3) is 0.348. The van der Waals surface area contributed by atoms with Crippen LogP contribution in [0.5, 0.6) is 0 Å². The number of carboxylic acid groups (broad SMARTS) is 1. The highest BCUT2D eigenvalue weighted by molar-refractivity contribution is 5.88. The Hall–Kier alpha value is -2.99. The molecule has 0 bridgehead atoms. The number of para-hydroxylation sites is 2. The summed E-state index contributed by atoms with van der Waals surface area (Å²) < 4.78 is 0. The van der Waals surface area contributed by atoms with E-state index in [9.17, 15) is 14.7 Å². The van der Waals surface area contributed by atoms with Gasteiger partial charge in [0.05, 0.1) is 11.0 Å². The fourth-order valence-electron chi connectivity index (χ4n) is 3.67. The standard InChI is InChI=1S/C23H26N2O4/c1-15-14-21(27)17(8-4-2-3-5-11-22(28)29)16(15)12-13-20(26)23-24-18-9-6-7-10-19(18)25-23/h2,4,6-7,9-10,12-13,16-17,20,26H,1,3,5,8,11,14H2,(H,24,25)(H,28,29)/t16-,17+,20+/m0/s1. The fourth-order valence-corrected chi connectivity index (χ4v) is 3.67. The van der Waals surface area contributed by atoms with Crippen molar-refractivity contribution in [2.75, 3.05) is 0 Å². The lowest BCUT2D eigenvalue weighted by Gasteiger charge is -2.14. The predicted molar refractivity (Wildman–Crippen MR) is 111 cm³/mol. The van der Waals surface area contributed by atoms with Crippen LogP contribution in [0.3, 0.4) is 0 Å². The Balaban J connectivity index is 1.62. The summed E-state index contributed by atoms with van der Waals surface area (Å²) in [6, 6.07) is 7.57. The quantitative estimate of drug-likeness (QED) is 0.439. The van der Waals surface area contributed by atoms with Crippen LogP contribution in [0.1, 0.15) is 44.0 Å². The van der Waals surface area contributed by atoms with Gasteiger partial charge in [-0.1, -0.05) is 48.6 Å². The van der Waals surface area contributed by atoms with E-state index in [0.29, 0.717) is 31.5 Å². The van der Waals surface area contributed by atoms with Crippen LogP contribution in [0.2, 0.25) is 0 Å². The molecule has 0 unspecified atom stereocenters. The number of unbranched alkanes of at least 4 members (excludes halogenated alkanes) is 1. The molecule has 29 heavy (non-hydrogen) atoms. The smallest absolute Gasteiger partial charge is 0.303 e. The third-order valence-electron chi connectivity index (χ3n) is 5.23. The van der Waals surface area contributed by atoms with Gasteiger partial charge in [-0.3, -0.25) is 9.59 Å². The molecule has 1 aliphatic carbocycles. The first kappa shape index (κ1) is 20.7. The van der Waals surface area contributed by atoms with Crippen molar-refractivity contribution in [1.29, 1.82) is 0 Å². The van der Waals surface area contributed by atoms with E-state index in [1.54, 1.807) is 6.08 Å². The molecule has 1 aliphatic rings. The van der Waals surface area contributed by atoms with Gasteiger partial charge in [0.1, 0.15) is 17.7 Å². The number of aromatic amines is 1. The number of nitrogens with one attached hydrogen (secondary N) is 1. The maximum Gasteiger partial charge on any atom is 0.303 e. The van der Waals surface area contributed by atoms with E-state index in [1.807, 2.05) is 42.5 Å². The van der Waals surface area contributed by atoms with Crippen LogP contribution in [0, 0.1) is 11.8 Å². The number of carboxylic acids is 1. The highest BCUT2D eigenvalue weighted by atomic mass is 16.4. The Morgan fingerprint density at radius 3 is 2.90 bits per heavy atom. The van der Waals surface area contributed by atoms with Gasteiger partial charge in [0, 0.05) is 24.7 Å². The minimum Gasteiger partial charge on any atom is -0.481 e.